The van der Waals surface area contributed by atoms with E-state index in [1.54, 1.807) is 7.11 Å². The first kappa shape index (κ1) is 15.7. The number of nitrogens with zero attached hydrogens (tertiary/aromatic N) is 2. The SMILES string of the molecule is CNc1cn(C2CCCCO2)nc1OCc1ccc(OC)cc1. The summed E-state index contributed by atoms with van der Waals surface area (Å²) >= 11 is 0. The molecule has 1 aromatic carbocycles. The minimum Gasteiger partial charge on any atom is -0.497 e. The molecule has 3 rings (SSSR count). The van der Waals surface area contributed by atoms with Crippen LogP contribution < -0.4 is 14.8 Å². The van der Waals surface area contributed by atoms with Gasteiger partial charge in [0.25, 0.3) is 5.88 Å². The molecule has 0 radical (unpaired) electrons. The first-order valence-corrected chi connectivity index (χ1v) is 7.94. The molecule has 0 bridgehead atoms. The Hall–Kier alpha value is -2.21. The Morgan fingerprint density at radius 3 is 2.78 bits per heavy atom. The maximum Gasteiger partial charge on any atom is 0.256 e. The van der Waals surface area contributed by atoms with E-state index in [-0.39, 0.29) is 6.23 Å². The van der Waals surface area contributed by atoms with E-state index in [4.69, 9.17) is 14.2 Å². The quantitative estimate of drug-likeness (QED) is 0.886. The molecular weight excluding hydrogens is 294 g/mol. The highest BCUT2D eigenvalue weighted by Gasteiger charge is 2.19. The number of benzene rings is 1. The first-order chi connectivity index (χ1) is 11.3. The molecule has 124 valence electrons. The second-order valence-electron chi connectivity index (χ2n) is 5.54. The highest BCUT2D eigenvalue weighted by atomic mass is 16.5. The molecule has 6 heteroatoms. The summed E-state index contributed by atoms with van der Waals surface area (Å²) in [7, 11) is 3.52. The van der Waals surface area contributed by atoms with Crippen LogP contribution >= 0.6 is 0 Å². The van der Waals surface area contributed by atoms with Crippen LogP contribution in [0, 0.1) is 0 Å². The number of nitrogens with one attached hydrogen (secondary N) is 1. The fraction of sp³-hybridized carbons (Fsp3) is 0.471. The van der Waals surface area contributed by atoms with Crippen LogP contribution in [0.1, 0.15) is 31.1 Å². The van der Waals surface area contributed by atoms with Gasteiger partial charge in [-0.3, -0.25) is 0 Å². The number of rotatable bonds is 6. The van der Waals surface area contributed by atoms with Crippen LogP contribution in [0.25, 0.3) is 0 Å². The van der Waals surface area contributed by atoms with E-state index in [1.165, 1.54) is 6.42 Å². The molecular formula is C17H23N3O3. The van der Waals surface area contributed by atoms with Gasteiger partial charge in [0.2, 0.25) is 0 Å². The topological polar surface area (TPSA) is 57.5 Å². The molecule has 0 aliphatic carbocycles. The lowest BCUT2D eigenvalue weighted by molar-refractivity contribution is -0.0400. The van der Waals surface area contributed by atoms with Gasteiger partial charge in [-0.25, -0.2) is 4.68 Å². The van der Waals surface area contributed by atoms with Crippen molar-refractivity contribution >= 4 is 5.69 Å². The van der Waals surface area contributed by atoms with Crippen LogP contribution in [0.3, 0.4) is 0 Å². The summed E-state index contributed by atoms with van der Waals surface area (Å²) < 4.78 is 18.7. The molecule has 1 fully saturated rings. The van der Waals surface area contributed by atoms with Gasteiger partial charge in [-0.2, -0.15) is 0 Å². The van der Waals surface area contributed by atoms with E-state index in [0.717, 1.165) is 36.4 Å². The molecule has 1 saturated heterocycles. The zero-order valence-corrected chi connectivity index (χ0v) is 13.6. The van der Waals surface area contributed by atoms with Crippen LogP contribution in [-0.2, 0) is 11.3 Å². The van der Waals surface area contributed by atoms with Crippen molar-refractivity contribution in [3.8, 4) is 11.6 Å². The van der Waals surface area contributed by atoms with Crippen molar-refractivity contribution in [3.63, 3.8) is 0 Å². The van der Waals surface area contributed by atoms with Crippen molar-refractivity contribution in [2.24, 2.45) is 0 Å². The Balaban J connectivity index is 1.67. The second-order valence-corrected chi connectivity index (χ2v) is 5.54. The van der Waals surface area contributed by atoms with Crippen molar-refractivity contribution in [1.82, 2.24) is 9.78 Å². The molecule has 1 atom stereocenters. The number of hydrogen-bond donors (Lipinski definition) is 1. The zero-order chi connectivity index (χ0) is 16.1. The Kier molecular flexibility index (Phi) is 5.02. The maximum atomic E-state index is 5.87. The van der Waals surface area contributed by atoms with Gasteiger partial charge >= 0.3 is 0 Å². The van der Waals surface area contributed by atoms with E-state index in [9.17, 15) is 0 Å². The fourth-order valence-corrected chi connectivity index (χ4v) is 2.61. The summed E-state index contributed by atoms with van der Waals surface area (Å²) in [5.74, 6) is 1.43. The Bertz CT molecular complexity index is 619. The van der Waals surface area contributed by atoms with Gasteiger partial charge in [-0.15, -0.1) is 5.10 Å². The van der Waals surface area contributed by atoms with E-state index in [0.29, 0.717) is 12.5 Å². The Labute approximate surface area is 136 Å². The summed E-state index contributed by atoms with van der Waals surface area (Å²) in [6.45, 7) is 1.25. The highest BCUT2D eigenvalue weighted by molar-refractivity contribution is 5.50. The van der Waals surface area contributed by atoms with Gasteiger partial charge in [0.05, 0.1) is 13.3 Å². The average Bonchev–Trinajstić information content (AvgIpc) is 3.04. The lowest BCUT2D eigenvalue weighted by Gasteiger charge is -2.22. The van der Waals surface area contributed by atoms with Crippen molar-refractivity contribution in [2.45, 2.75) is 32.1 Å². The molecule has 1 aliphatic heterocycles. The molecule has 6 nitrogen and oxygen atoms in total. The van der Waals surface area contributed by atoms with Crippen molar-refractivity contribution in [2.75, 3.05) is 26.1 Å². The Morgan fingerprint density at radius 1 is 1.30 bits per heavy atom. The van der Waals surface area contributed by atoms with Crippen LogP contribution in [0.5, 0.6) is 11.6 Å². The molecule has 1 aliphatic rings. The van der Waals surface area contributed by atoms with Gasteiger partial charge in [0.15, 0.2) is 0 Å². The zero-order valence-electron chi connectivity index (χ0n) is 13.6. The average molecular weight is 317 g/mol. The van der Waals surface area contributed by atoms with E-state index in [1.807, 2.05) is 42.2 Å². The Morgan fingerprint density at radius 2 is 2.13 bits per heavy atom. The summed E-state index contributed by atoms with van der Waals surface area (Å²) in [6.07, 6.45) is 5.23. The number of aromatic nitrogens is 2. The maximum absolute atomic E-state index is 5.87. The van der Waals surface area contributed by atoms with Gasteiger partial charge in [0, 0.05) is 13.7 Å². The van der Waals surface area contributed by atoms with Crippen LogP contribution in [-0.4, -0.2) is 30.5 Å². The summed E-state index contributed by atoms with van der Waals surface area (Å²) in [6, 6.07) is 7.82. The predicted octanol–water partition coefficient (Wildman–Crippen LogP) is 3.21. The van der Waals surface area contributed by atoms with E-state index < -0.39 is 0 Å². The predicted molar refractivity (Wildman–Crippen MR) is 87.9 cm³/mol. The molecule has 1 aromatic heterocycles. The number of hydrogen-bond acceptors (Lipinski definition) is 5. The molecule has 1 unspecified atom stereocenters. The molecule has 0 spiro atoms. The van der Waals surface area contributed by atoms with Crippen LogP contribution in [0.4, 0.5) is 5.69 Å². The summed E-state index contributed by atoms with van der Waals surface area (Å²) in [5.41, 5.74) is 1.93. The standard InChI is InChI=1S/C17H23N3O3/c1-18-15-11-20(16-5-3-4-10-22-16)19-17(15)23-12-13-6-8-14(21-2)9-7-13/h6-9,11,16,18H,3-5,10,12H2,1-2H3. The number of anilines is 1. The van der Waals surface area contributed by atoms with Gasteiger partial charge < -0.3 is 19.5 Å². The third-order valence-corrected chi connectivity index (χ3v) is 3.95. The smallest absolute Gasteiger partial charge is 0.256 e. The first-order valence-electron chi connectivity index (χ1n) is 7.94. The van der Waals surface area contributed by atoms with Crippen LogP contribution in [0.2, 0.25) is 0 Å². The molecule has 23 heavy (non-hydrogen) atoms. The largest absolute Gasteiger partial charge is 0.497 e. The van der Waals surface area contributed by atoms with Crippen molar-refractivity contribution < 1.29 is 14.2 Å². The van der Waals surface area contributed by atoms with Gasteiger partial charge in [-0.05, 0) is 37.0 Å². The minimum absolute atomic E-state index is 0.00851. The van der Waals surface area contributed by atoms with Crippen molar-refractivity contribution in [1.29, 1.82) is 0 Å². The summed E-state index contributed by atoms with van der Waals surface area (Å²) in [5, 5.41) is 7.66. The molecule has 2 aromatic rings. The molecule has 0 saturated carbocycles. The molecule has 0 amide bonds. The lowest BCUT2D eigenvalue weighted by atomic mass is 10.2. The third kappa shape index (κ3) is 3.76. The normalized spacial score (nSPS) is 17.7. The van der Waals surface area contributed by atoms with Gasteiger partial charge in [-0.1, -0.05) is 12.1 Å². The lowest BCUT2D eigenvalue weighted by Crippen LogP contribution is -2.18. The summed E-state index contributed by atoms with van der Waals surface area (Å²) in [4.78, 5) is 0. The van der Waals surface area contributed by atoms with Crippen LogP contribution in [0.15, 0.2) is 30.5 Å². The van der Waals surface area contributed by atoms with Gasteiger partial charge in [0.1, 0.15) is 24.3 Å². The van der Waals surface area contributed by atoms with Crippen molar-refractivity contribution in [3.05, 3.63) is 36.0 Å². The van der Waals surface area contributed by atoms with E-state index in [2.05, 4.69) is 10.4 Å². The number of ether oxygens (including phenoxy) is 3. The third-order valence-electron chi connectivity index (χ3n) is 3.95. The number of methoxy groups -OCH3 is 1. The second kappa shape index (κ2) is 7.37. The fourth-order valence-electron chi connectivity index (χ4n) is 2.61. The monoisotopic (exact) mass is 317 g/mol. The highest BCUT2D eigenvalue weighted by Crippen LogP contribution is 2.28. The minimum atomic E-state index is 0.00851. The molecule has 1 N–H and O–H groups in total. The van der Waals surface area contributed by atoms with E-state index >= 15 is 0 Å². The molecule has 2 heterocycles.